The highest BCUT2D eigenvalue weighted by Gasteiger charge is 2.29. The molecule has 2 N–H and O–H groups in total. The van der Waals surface area contributed by atoms with E-state index in [1.807, 2.05) is 0 Å². The maximum Gasteiger partial charge on any atom is 0.335 e. The summed E-state index contributed by atoms with van der Waals surface area (Å²) in [4.78, 5) is 28.1. The molecule has 1 aliphatic rings. The lowest BCUT2D eigenvalue weighted by atomic mass is 10.2. The number of rotatable bonds is 3. The van der Waals surface area contributed by atoms with E-state index in [9.17, 15) is 9.59 Å². The molecule has 1 fully saturated rings. The molecule has 0 aliphatic carbocycles. The van der Waals surface area contributed by atoms with Crippen molar-refractivity contribution in [1.82, 2.24) is 9.88 Å². The number of nitrogens with one attached hydrogen (secondary N) is 1. The van der Waals surface area contributed by atoms with Crippen LogP contribution in [0.3, 0.4) is 0 Å². The molecule has 0 aromatic carbocycles. The fourth-order valence-corrected chi connectivity index (χ4v) is 1.78. The Morgan fingerprint density at radius 1 is 1.65 bits per heavy atom. The van der Waals surface area contributed by atoms with Gasteiger partial charge in [-0.3, -0.25) is 4.79 Å². The number of carbonyl (C=O) groups is 2. The Morgan fingerprint density at radius 3 is 3.00 bits per heavy atom. The fourth-order valence-electron chi connectivity index (χ4n) is 1.78. The Morgan fingerprint density at radius 2 is 2.41 bits per heavy atom. The molecule has 0 spiro atoms. The van der Waals surface area contributed by atoms with Crippen LogP contribution in [-0.4, -0.2) is 46.5 Å². The highest BCUT2D eigenvalue weighted by atomic mass is 16.4. The van der Waals surface area contributed by atoms with Crippen molar-refractivity contribution >= 4 is 17.7 Å². The molecular formula is C11H13N3O3. The van der Waals surface area contributed by atoms with E-state index in [0.717, 1.165) is 0 Å². The van der Waals surface area contributed by atoms with E-state index < -0.39 is 5.97 Å². The highest BCUT2D eigenvalue weighted by molar-refractivity contribution is 5.89. The summed E-state index contributed by atoms with van der Waals surface area (Å²) in [5, 5.41) is 11.8. The number of pyridine rings is 1. The van der Waals surface area contributed by atoms with E-state index in [1.54, 1.807) is 11.9 Å². The number of carboxylic acid groups (broad SMARTS) is 1. The van der Waals surface area contributed by atoms with Gasteiger partial charge in [0.15, 0.2) is 0 Å². The minimum Gasteiger partial charge on any atom is -0.478 e. The Balaban J connectivity index is 2.11. The van der Waals surface area contributed by atoms with Crippen molar-refractivity contribution in [1.29, 1.82) is 0 Å². The van der Waals surface area contributed by atoms with E-state index in [2.05, 4.69) is 10.3 Å². The predicted octanol–water partition coefficient (Wildman–Crippen LogP) is 0.422. The van der Waals surface area contributed by atoms with Gasteiger partial charge in [0.25, 0.3) is 0 Å². The smallest absolute Gasteiger partial charge is 0.335 e. The van der Waals surface area contributed by atoms with Gasteiger partial charge < -0.3 is 15.3 Å². The van der Waals surface area contributed by atoms with Crippen molar-refractivity contribution in [2.75, 3.05) is 18.9 Å². The average Bonchev–Trinajstić information content (AvgIpc) is 2.61. The molecule has 6 heteroatoms. The zero-order valence-corrected chi connectivity index (χ0v) is 9.38. The number of amides is 1. The molecule has 90 valence electrons. The van der Waals surface area contributed by atoms with Gasteiger partial charge in [0.05, 0.1) is 5.56 Å². The number of carboxylic acids is 1. The molecule has 2 heterocycles. The third kappa shape index (κ3) is 2.35. The molecular weight excluding hydrogens is 222 g/mol. The lowest BCUT2D eigenvalue weighted by Gasteiger charge is -2.12. The Hall–Kier alpha value is -2.11. The zero-order valence-electron chi connectivity index (χ0n) is 9.38. The van der Waals surface area contributed by atoms with Gasteiger partial charge in [-0.05, 0) is 18.6 Å². The van der Waals surface area contributed by atoms with Crippen LogP contribution in [0.15, 0.2) is 18.3 Å². The number of hydrogen-bond acceptors (Lipinski definition) is 4. The van der Waals surface area contributed by atoms with Gasteiger partial charge in [-0.25, -0.2) is 9.78 Å². The number of hydrogen-bond donors (Lipinski definition) is 2. The van der Waals surface area contributed by atoms with Crippen molar-refractivity contribution in [3.8, 4) is 0 Å². The highest BCUT2D eigenvalue weighted by Crippen LogP contribution is 2.15. The summed E-state index contributed by atoms with van der Waals surface area (Å²) in [6, 6.07) is 2.53. The van der Waals surface area contributed by atoms with Gasteiger partial charge in [-0.2, -0.15) is 0 Å². The molecule has 2 rings (SSSR count). The summed E-state index contributed by atoms with van der Waals surface area (Å²) in [7, 11) is 1.74. The molecule has 6 nitrogen and oxygen atoms in total. The molecule has 1 aromatic heterocycles. The molecule has 1 amide bonds. The van der Waals surface area contributed by atoms with Crippen LogP contribution in [0, 0.1) is 0 Å². The van der Waals surface area contributed by atoms with E-state index in [4.69, 9.17) is 5.11 Å². The number of nitrogens with zero attached hydrogens (tertiary/aromatic N) is 2. The van der Waals surface area contributed by atoms with Gasteiger partial charge in [0.2, 0.25) is 5.91 Å². The second-order valence-corrected chi connectivity index (χ2v) is 3.98. The van der Waals surface area contributed by atoms with Crippen LogP contribution >= 0.6 is 0 Å². The first kappa shape index (κ1) is 11.4. The molecule has 1 atom stereocenters. The van der Waals surface area contributed by atoms with Gasteiger partial charge in [0.1, 0.15) is 11.9 Å². The zero-order chi connectivity index (χ0) is 12.4. The number of aromatic nitrogens is 1. The quantitative estimate of drug-likeness (QED) is 0.793. The molecule has 1 aromatic rings. The van der Waals surface area contributed by atoms with E-state index >= 15 is 0 Å². The second kappa shape index (κ2) is 4.40. The maximum atomic E-state index is 11.6. The maximum absolute atomic E-state index is 11.6. The Labute approximate surface area is 98.3 Å². The van der Waals surface area contributed by atoms with E-state index in [-0.39, 0.29) is 17.5 Å². The van der Waals surface area contributed by atoms with Crippen LogP contribution in [0.25, 0.3) is 0 Å². The van der Waals surface area contributed by atoms with Crippen molar-refractivity contribution in [2.24, 2.45) is 0 Å². The first-order chi connectivity index (χ1) is 8.08. The van der Waals surface area contributed by atoms with Gasteiger partial charge >= 0.3 is 5.97 Å². The first-order valence-corrected chi connectivity index (χ1v) is 5.29. The van der Waals surface area contributed by atoms with Crippen LogP contribution in [0.5, 0.6) is 0 Å². The summed E-state index contributed by atoms with van der Waals surface area (Å²) in [5.41, 5.74) is 0.154. The fraction of sp³-hybridized carbons (Fsp3) is 0.364. The van der Waals surface area contributed by atoms with E-state index in [1.165, 1.54) is 18.3 Å². The topological polar surface area (TPSA) is 82.5 Å². The number of anilines is 1. The minimum absolute atomic E-state index is 0.00697. The largest absolute Gasteiger partial charge is 0.478 e. The van der Waals surface area contributed by atoms with Crippen LogP contribution < -0.4 is 5.32 Å². The summed E-state index contributed by atoms with van der Waals surface area (Å²) in [6.45, 7) is 0.703. The van der Waals surface area contributed by atoms with Crippen molar-refractivity contribution in [3.63, 3.8) is 0 Å². The number of aromatic carboxylic acids is 1. The summed E-state index contributed by atoms with van der Waals surface area (Å²) >= 11 is 0. The number of likely N-dealkylation sites (N-methyl/N-ethyl adjacent to an activating group) is 1. The molecule has 0 saturated carbocycles. The van der Waals surface area contributed by atoms with Crippen LogP contribution in [-0.2, 0) is 4.79 Å². The summed E-state index contributed by atoms with van der Waals surface area (Å²) in [6.07, 6.45) is 2.11. The Bertz CT molecular complexity index is 461. The third-order valence-electron chi connectivity index (χ3n) is 2.76. The van der Waals surface area contributed by atoms with Crippen LogP contribution in [0.4, 0.5) is 5.82 Å². The molecule has 1 aliphatic heterocycles. The minimum atomic E-state index is -1.01. The van der Waals surface area contributed by atoms with Crippen LogP contribution in [0.1, 0.15) is 16.8 Å². The molecule has 0 radical (unpaired) electrons. The molecule has 1 unspecified atom stereocenters. The number of likely N-dealkylation sites (tertiary alicyclic amines) is 1. The number of carbonyl (C=O) groups excluding carboxylic acids is 1. The lowest BCUT2D eigenvalue weighted by molar-refractivity contribution is -0.127. The summed E-state index contributed by atoms with van der Waals surface area (Å²) in [5.74, 6) is -0.587. The molecule has 0 bridgehead atoms. The monoisotopic (exact) mass is 235 g/mol. The van der Waals surface area contributed by atoms with Gasteiger partial charge in [0, 0.05) is 19.8 Å². The SMILES string of the molecule is CN1CCC(Nc2cc(C(=O)O)ccn2)C1=O. The lowest BCUT2D eigenvalue weighted by Crippen LogP contribution is -2.31. The summed E-state index contributed by atoms with van der Waals surface area (Å²) < 4.78 is 0. The van der Waals surface area contributed by atoms with Gasteiger partial charge in [-0.1, -0.05) is 0 Å². The standard InChI is InChI=1S/C11H13N3O3/c1-14-5-3-8(10(14)15)13-9-6-7(11(16)17)2-4-12-9/h2,4,6,8H,3,5H2,1H3,(H,12,13)(H,16,17). The molecule has 1 saturated heterocycles. The third-order valence-corrected chi connectivity index (χ3v) is 2.76. The Kier molecular flexibility index (Phi) is 2.95. The molecule has 17 heavy (non-hydrogen) atoms. The first-order valence-electron chi connectivity index (χ1n) is 5.29. The second-order valence-electron chi connectivity index (χ2n) is 3.98. The average molecular weight is 235 g/mol. The van der Waals surface area contributed by atoms with Crippen molar-refractivity contribution in [2.45, 2.75) is 12.5 Å². The van der Waals surface area contributed by atoms with E-state index in [0.29, 0.717) is 18.8 Å². The van der Waals surface area contributed by atoms with Crippen LogP contribution in [0.2, 0.25) is 0 Å². The van der Waals surface area contributed by atoms with Crippen molar-refractivity contribution in [3.05, 3.63) is 23.9 Å². The normalized spacial score (nSPS) is 19.5. The van der Waals surface area contributed by atoms with Gasteiger partial charge in [-0.15, -0.1) is 0 Å². The van der Waals surface area contributed by atoms with Crippen molar-refractivity contribution < 1.29 is 14.7 Å². The predicted molar refractivity (Wildman–Crippen MR) is 60.9 cm³/mol.